The number of primary sulfonamides is 1. The molecule has 3 aromatic rings. The zero-order chi connectivity index (χ0) is 15.0. The number of pyridine rings is 1. The summed E-state index contributed by atoms with van der Waals surface area (Å²) in [6, 6.07) is 12.1. The molecule has 3 rings (SSSR count). The van der Waals surface area contributed by atoms with Crippen LogP contribution in [-0.2, 0) is 10.0 Å². The van der Waals surface area contributed by atoms with Crippen LogP contribution in [0, 0.1) is 0 Å². The highest BCUT2D eigenvalue weighted by molar-refractivity contribution is 7.89. The molecule has 1 aromatic heterocycles. The number of aromatic nitrogens is 1. The Labute approximate surface area is 122 Å². The van der Waals surface area contributed by atoms with Crippen LogP contribution in [0.15, 0.2) is 59.8 Å². The summed E-state index contributed by atoms with van der Waals surface area (Å²) in [7, 11) is -3.82. The topological polar surface area (TPSA) is 99.1 Å². The van der Waals surface area contributed by atoms with E-state index in [4.69, 9.17) is 10.9 Å². The Kier molecular flexibility index (Phi) is 3.12. The van der Waals surface area contributed by atoms with Crippen molar-refractivity contribution in [2.45, 2.75) is 4.90 Å². The van der Waals surface area contributed by atoms with E-state index in [2.05, 4.69) is 4.98 Å². The highest BCUT2D eigenvalue weighted by atomic mass is 32.2. The minimum absolute atomic E-state index is 0.0555. The molecule has 0 aliphatic heterocycles. The molecule has 0 bridgehead atoms. The third-order valence-electron chi connectivity index (χ3n) is 3.26. The number of nitrogens with zero attached hydrogens (tertiary/aromatic N) is 1. The molecule has 0 atom stereocenters. The molecular formula is C15H13N3O2S. The maximum absolute atomic E-state index is 11.7. The summed E-state index contributed by atoms with van der Waals surface area (Å²) in [6.45, 7) is 0. The van der Waals surface area contributed by atoms with Gasteiger partial charge in [0.25, 0.3) is 0 Å². The molecule has 2 aromatic carbocycles. The van der Waals surface area contributed by atoms with E-state index in [1.165, 1.54) is 12.1 Å². The van der Waals surface area contributed by atoms with Crippen molar-refractivity contribution in [2.75, 3.05) is 5.73 Å². The second-order valence-electron chi connectivity index (χ2n) is 4.74. The van der Waals surface area contributed by atoms with Gasteiger partial charge in [-0.3, -0.25) is 4.98 Å². The number of hydrogen-bond acceptors (Lipinski definition) is 4. The standard InChI is InChI=1S/C15H13N3O2S/c16-13-3-4-15(21(17,19)20)14(8-13)11-2-1-10-5-6-18-9-12(10)7-11/h1-9H,16H2,(H2,17,19,20). The van der Waals surface area contributed by atoms with Gasteiger partial charge in [0.05, 0.1) is 4.90 Å². The monoisotopic (exact) mass is 299 g/mol. The van der Waals surface area contributed by atoms with Crippen molar-refractivity contribution >= 4 is 26.5 Å². The fourth-order valence-corrected chi connectivity index (χ4v) is 3.01. The molecule has 1 heterocycles. The molecule has 0 saturated carbocycles. The molecule has 4 N–H and O–H groups in total. The van der Waals surface area contributed by atoms with Crippen molar-refractivity contribution in [1.82, 2.24) is 4.98 Å². The van der Waals surface area contributed by atoms with Gasteiger partial charge in [-0.05, 0) is 41.3 Å². The van der Waals surface area contributed by atoms with Crippen molar-refractivity contribution < 1.29 is 8.42 Å². The molecule has 0 unspecified atom stereocenters. The highest BCUT2D eigenvalue weighted by Crippen LogP contribution is 2.30. The van der Waals surface area contributed by atoms with E-state index >= 15 is 0 Å². The summed E-state index contributed by atoms with van der Waals surface area (Å²) >= 11 is 0. The predicted octanol–water partition coefficient (Wildman–Crippen LogP) is 2.13. The summed E-state index contributed by atoms with van der Waals surface area (Å²) in [5, 5.41) is 7.21. The van der Waals surface area contributed by atoms with Crippen molar-refractivity contribution in [3.8, 4) is 11.1 Å². The third-order valence-corrected chi connectivity index (χ3v) is 4.23. The number of fused-ring (bicyclic) bond motifs is 1. The van der Waals surface area contributed by atoms with Gasteiger partial charge < -0.3 is 5.73 Å². The van der Waals surface area contributed by atoms with Crippen LogP contribution in [0.25, 0.3) is 21.9 Å². The number of benzene rings is 2. The van der Waals surface area contributed by atoms with Crippen molar-refractivity contribution in [1.29, 1.82) is 0 Å². The fourth-order valence-electron chi connectivity index (χ4n) is 2.27. The SMILES string of the molecule is Nc1ccc(S(N)(=O)=O)c(-c2ccc3ccncc3c2)c1. The average Bonchev–Trinajstić information content (AvgIpc) is 2.45. The number of sulfonamides is 1. The summed E-state index contributed by atoms with van der Waals surface area (Å²) in [5.74, 6) is 0. The normalized spacial score (nSPS) is 11.7. The fraction of sp³-hybridized carbons (Fsp3) is 0. The van der Waals surface area contributed by atoms with Gasteiger partial charge in [0.15, 0.2) is 0 Å². The second kappa shape index (κ2) is 4.83. The Hall–Kier alpha value is -2.44. The van der Waals surface area contributed by atoms with E-state index in [-0.39, 0.29) is 4.90 Å². The Balaban J connectivity index is 2.29. The molecule has 106 valence electrons. The van der Waals surface area contributed by atoms with Crippen LogP contribution in [0.1, 0.15) is 0 Å². The second-order valence-corrected chi connectivity index (χ2v) is 6.27. The predicted molar refractivity (Wildman–Crippen MR) is 83.0 cm³/mol. The molecule has 0 saturated heterocycles. The van der Waals surface area contributed by atoms with Gasteiger partial charge in [0, 0.05) is 29.0 Å². The maximum Gasteiger partial charge on any atom is 0.238 e. The first-order chi connectivity index (χ1) is 9.95. The van der Waals surface area contributed by atoms with E-state index in [1.54, 1.807) is 18.5 Å². The minimum atomic E-state index is -3.82. The van der Waals surface area contributed by atoms with E-state index in [9.17, 15) is 8.42 Å². The van der Waals surface area contributed by atoms with E-state index in [0.29, 0.717) is 11.3 Å². The van der Waals surface area contributed by atoms with Gasteiger partial charge in [0.2, 0.25) is 10.0 Å². The molecule has 21 heavy (non-hydrogen) atoms. The number of rotatable bonds is 2. The number of nitrogen functional groups attached to an aromatic ring is 1. The summed E-state index contributed by atoms with van der Waals surface area (Å²) < 4.78 is 23.5. The van der Waals surface area contributed by atoms with Crippen LogP contribution in [0.5, 0.6) is 0 Å². The zero-order valence-corrected chi connectivity index (χ0v) is 11.8. The maximum atomic E-state index is 11.7. The average molecular weight is 299 g/mol. The van der Waals surface area contributed by atoms with E-state index in [0.717, 1.165) is 16.3 Å². The van der Waals surface area contributed by atoms with Crippen LogP contribution in [0.4, 0.5) is 5.69 Å². The van der Waals surface area contributed by atoms with Crippen LogP contribution in [-0.4, -0.2) is 13.4 Å². The lowest BCUT2D eigenvalue weighted by molar-refractivity contribution is 0.598. The number of anilines is 1. The molecule has 6 heteroatoms. The summed E-state index contributed by atoms with van der Waals surface area (Å²) in [5.41, 5.74) is 7.47. The lowest BCUT2D eigenvalue weighted by atomic mass is 10.0. The van der Waals surface area contributed by atoms with Gasteiger partial charge >= 0.3 is 0 Å². The summed E-state index contributed by atoms with van der Waals surface area (Å²) in [4.78, 5) is 4.12. The Bertz CT molecular complexity index is 937. The molecule has 0 fully saturated rings. The molecular weight excluding hydrogens is 286 g/mol. The van der Waals surface area contributed by atoms with E-state index < -0.39 is 10.0 Å². The lowest BCUT2D eigenvalue weighted by Gasteiger charge is -2.10. The summed E-state index contributed by atoms with van der Waals surface area (Å²) in [6.07, 6.45) is 3.43. The van der Waals surface area contributed by atoms with Gasteiger partial charge in [-0.1, -0.05) is 12.1 Å². The first kappa shape index (κ1) is 13.5. The van der Waals surface area contributed by atoms with Crippen LogP contribution < -0.4 is 10.9 Å². The first-order valence-electron chi connectivity index (χ1n) is 6.21. The number of nitrogens with two attached hydrogens (primary N) is 2. The van der Waals surface area contributed by atoms with E-state index in [1.807, 2.05) is 24.3 Å². The Morgan fingerprint density at radius 2 is 1.76 bits per heavy atom. The van der Waals surface area contributed by atoms with Gasteiger partial charge in [-0.15, -0.1) is 0 Å². The smallest absolute Gasteiger partial charge is 0.238 e. The van der Waals surface area contributed by atoms with Crippen molar-refractivity contribution in [3.63, 3.8) is 0 Å². The molecule has 0 spiro atoms. The lowest BCUT2D eigenvalue weighted by Crippen LogP contribution is -2.13. The van der Waals surface area contributed by atoms with Gasteiger partial charge in [-0.25, -0.2) is 13.6 Å². The number of hydrogen-bond donors (Lipinski definition) is 2. The molecule has 0 aliphatic carbocycles. The quantitative estimate of drug-likeness (QED) is 0.708. The Morgan fingerprint density at radius 3 is 2.52 bits per heavy atom. The molecule has 0 aliphatic rings. The van der Waals surface area contributed by atoms with Crippen LogP contribution in [0.2, 0.25) is 0 Å². The van der Waals surface area contributed by atoms with Crippen LogP contribution in [0.3, 0.4) is 0 Å². The zero-order valence-electron chi connectivity index (χ0n) is 11.0. The van der Waals surface area contributed by atoms with Crippen molar-refractivity contribution in [2.24, 2.45) is 5.14 Å². The third kappa shape index (κ3) is 2.58. The largest absolute Gasteiger partial charge is 0.399 e. The Morgan fingerprint density at radius 1 is 0.952 bits per heavy atom. The minimum Gasteiger partial charge on any atom is -0.399 e. The first-order valence-corrected chi connectivity index (χ1v) is 7.76. The van der Waals surface area contributed by atoms with Gasteiger partial charge in [0.1, 0.15) is 0 Å². The van der Waals surface area contributed by atoms with Gasteiger partial charge in [-0.2, -0.15) is 0 Å². The molecule has 5 nitrogen and oxygen atoms in total. The van der Waals surface area contributed by atoms with Crippen LogP contribution >= 0.6 is 0 Å². The highest BCUT2D eigenvalue weighted by Gasteiger charge is 2.15. The molecule has 0 radical (unpaired) electrons. The molecule has 0 amide bonds. The van der Waals surface area contributed by atoms with Crippen molar-refractivity contribution in [3.05, 3.63) is 54.9 Å².